The molecular weight excluding hydrogens is 214 g/mol. The van der Waals surface area contributed by atoms with Crippen LogP contribution in [-0.2, 0) is 6.54 Å². The number of aromatic nitrogens is 4. The highest BCUT2D eigenvalue weighted by Gasteiger charge is 2.05. The molecule has 0 spiro atoms. The zero-order chi connectivity index (χ0) is 10.9. The lowest BCUT2D eigenvalue weighted by Gasteiger charge is -2.02. The van der Waals surface area contributed by atoms with Crippen LogP contribution >= 0.6 is 11.8 Å². The Morgan fingerprint density at radius 2 is 2.33 bits per heavy atom. The van der Waals surface area contributed by atoms with Crippen molar-refractivity contribution in [1.29, 1.82) is 0 Å². The average Bonchev–Trinajstić information content (AvgIpc) is 2.69. The minimum Gasteiger partial charge on any atom is -0.396 e. The number of aliphatic hydroxyl groups excluding tert-OH is 1. The van der Waals surface area contributed by atoms with Crippen LogP contribution in [0.15, 0.2) is 5.16 Å². The minimum absolute atomic E-state index is 0.255. The van der Waals surface area contributed by atoms with Gasteiger partial charge in [-0.15, -0.1) is 5.10 Å². The van der Waals surface area contributed by atoms with E-state index < -0.39 is 0 Å². The number of hydrogen-bond acceptors (Lipinski definition) is 6. The summed E-state index contributed by atoms with van der Waals surface area (Å²) < 4.78 is 1.79. The summed E-state index contributed by atoms with van der Waals surface area (Å²) in [5, 5.41) is 24.0. The number of thioether (sulfide) groups is 1. The summed E-state index contributed by atoms with van der Waals surface area (Å²) in [7, 11) is 1.90. The summed E-state index contributed by atoms with van der Waals surface area (Å²) in [6, 6.07) is 0. The predicted octanol–water partition coefficient (Wildman–Crippen LogP) is -0.243. The monoisotopic (exact) mass is 231 g/mol. The van der Waals surface area contributed by atoms with Gasteiger partial charge in [0.2, 0.25) is 5.16 Å². The molecular formula is C8H17N5OS. The number of unbranched alkanes of at least 4 members (excludes halogenated alkanes) is 1. The molecule has 1 rings (SSSR count). The van der Waals surface area contributed by atoms with E-state index in [9.17, 15) is 0 Å². The molecule has 0 fully saturated rings. The fourth-order valence-corrected chi connectivity index (χ4v) is 1.94. The van der Waals surface area contributed by atoms with E-state index in [1.165, 1.54) is 0 Å². The van der Waals surface area contributed by atoms with E-state index in [-0.39, 0.29) is 6.61 Å². The van der Waals surface area contributed by atoms with Gasteiger partial charge in [-0.3, -0.25) is 0 Å². The number of nitrogens with one attached hydrogen (secondary N) is 1. The highest BCUT2D eigenvalue weighted by Crippen LogP contribution is 2.14. The van der Waals surface area contributed by atoms with Crippen LogP contribution in [0.4, 0.5) is 0 Å². The summed E-state index contributed by atoms with van der Waals surface area (Å²) in [5.74, 6) is 0.945. The molecule has 0 radical (unpaired) electrons. The number of aliphatic hydroxyl groups is 1. The van der Waals surface area contributed by atoms with Gasteiger partial charge in [0.05, 0.1) is 6.54 Å². The molecule has 2 N–H and O–H groups in total. The van der Waals surface area contributed by atoms with Gasteiger partial charge in [0, 0.05) is 18.9 Å². The third kappa shape index (κ3) is 4.59. The van der Waals surface area contributed by atoms with Crippen molar-refractivity contribution in [3.8, 4) is 0 Å². The smallest absolute Gasteiger partial charge is 0.209 e. The minimum atomic E-state index is 0.255. The molecule has 0 saturated heterocycles. The molecule has 1 heterocycles. The summed E-state index contributed by atoms with van der Waals surface area (Å²) in [5.41, 5.74) is 0. The molecule has 0 aliphatic carbocycles. The molecule has 0 bridgehead atoms. The Bertz CT molecular complexity index is 267. The number of nitrogens with zero attached hydrogens (tertiary/aromatic N) is 4. The average molecular weight is 231 g/mol. The Morgan fingerprint density at radius 3 is 3.07 bits per heavy atom. The Hall–Kier alpha value is -0.660. The second-order valence-electron chi connectivity index (χ2n) is 3.07. The fraction of sp³-hybridized carbons (Fsp3) is 0.875. The SMILES string of the molecule is CNCCn1nnnc1SCCCCO. The summed E-state index contributed by atoms with van der Waals surface area (Å²) >= 11 is 1.63. The van der Waals surface area contributed by atoms with E-state index >= 15 is 0 Å². The summed E-state index contributed by atoms with van der Waals surface area (Å²) in [4.78, 5) is 0. The highest BCUT2D eigenvalue weighted by atomic mass is 32.2. The lowest BCUT2D eigenvalue weighted by atomic mass is 10.4. The van der Waals surface area contributed by atoms with Crippen LogP contribution < -0.4 is 5.32 Å². The number of rotatable bonds is 8. The molecule has 7 heteroatoms. The van der Waals surface area contributed by atoms with Crippen molar-refractivity contribution >= 4 is 11.8 Å². The Labute approximate surface area is 93.4 Å². The number of hydrogen-bond donors (Lipinski definition) is 2. The lowest BCUT2D eigenvalue weighted by molar-refractivity contribution is 0.287. The van der Waals surface area contributed by atoms with Gasteiger partial charge < -0.3 is 10.4 Å². The molecule has 0 aliphatic rings. The molecule has 86 valence electrons. The first-order chi connectivity index (χ1) is 7.38. The Balaban J connectivity index is 2.29. The van der Waals surface area contributed by atoms with Crippen LogP contribution in [0.2, 0.25) is 0 Å². The van der Waals surface area contributed by atoms with Gasteiger partial charge in [-0.1, -0.05) is 11.8 Å². The van der Waals surface area contributed by atoms with Gasteiger partial charge >= 0.3 is 0 Å². The van der Waals surface area contributed by atoms with Crippen molar-refractivity contribution in [2.75, 3.05) is 26.0 Å². The zero-order valence-corrected chi connectivity index (χ0v) is 9.70. The summed E-state index contributed by atoms with van der Waals surface area (Å²) in [6.45, 7) is 1.90. The van der Waals surface area contributed by atoms with Crippen molar-refractivity contribution in [1.82, 2.24) is 25.5 Å². The van der Waals surface area contributed by atoms with E-state index in [0.717, 1.165) is 36.8 Å². The van der Waals surface area contributed by atoms with Crippen molar-refractivity contribution in [2.24, 2.45) is 0 Å². The zero-order valence-electron chi connectivity index (χ0n) is 8.89. The van der Waals surface area contributed by atoms with E-state index in [0.29, 0.717) is 0 Å². The summed E-state index contributed by atoms with van der Waals surface area (Å²) in [6.07, 6.45) is 1.82. The second-order valence-corrected chi connectivity index (χ2v) is 4.13. The second kappa shape index (κ2) is 7.61. The Morgan fingerprint density at radius 1 is 1.47 bits per heavy atom. The molecule has 0 aromatic carbocycles. The Kier molecular flexibility index (Phi) is 6.29. The van der Waals surface area contributed by atoms with Gasteiger partial charge in [-0.25, -0.2) is 4.68 Å². The van der Waals surface area contributed by atoms with Gasteiger partial charge in [-0.05, 0) is 30.3 Å². The van der Waals surface area contributed by atoms with Crippen LogP contribution in [-0.4, -0.2) is 51.3 Å². The maximum Gasteiger partial charge on any atom is 0.209 e. The molecule has 0 atom stereocenters. The van der Waals surface area contributed by atoms with E-state index in [2.05, 4.69) is 20.8 Å². The first-order valence-electron chi connectivity index (χ1n) is 5.03. The normalized spacial score (nSPS) is 10.8. The first kappa shape index (κ1) is 12.4. The van der Waals surface area contributed by atoms with Crippen molar-refractivity contribution in [3.63, 3.8) is 0 Å². The van der Waals surface area contributed by atoms with E-state index in [1.807, 2.05) is 7.05 Å². The lowest BCUT2D eigenvalue weighted by Crippen LogP contribution is -2.16. The molecule has 6 nitrogen and oxygen atoms in total. The van der Waals surface area contributed by atoms with Crippen molar-refractivity contribution in [3.05, 3.63) is 0 Å². The highest BCUT2D eigenvalue weighted by molar-refractivity contribution is 7.99. The fourth-order valence-electron chi connectivity index (χ4n) is 1.04. The quantitative estimate of drug-likeness (QED) is 0.475. The number of likely N-dealkylation sites (N-methyl/N-ethyl adjacent to an activating group) is 1. The van der Waals surface area contributed by atoms with Gasteiger partial charge in [0.15, 0.2) is 0 Å². The molecule has 1 aromatic heterocycles. The van der Waals surface area contributed by atoms with Gasteiger partial charge in [0.25, 0.3) is 0 Å². The molecule has 1 aromatic rings. The predicted molar refractivity (Wildman–Crippen MR) is 58.8 cm³/mol. The van der Waals surface area contributed by atoms with Crippen molar-refractivity contribution < 1.29 is 5.11 Å². The molecule has 0 saturated carbocycles. The maximum absolute atomic E-state index is 8.63. The third-order valence-corrected chi connectivity index (χ3v) is 2.90. The maximum atomic E-state index is 8.63. The third-order valence-electron chi connectivity index (χ3n) is 1.86. The molecule has 0 unspecified atom stereocenters. The van der Waals surface area contributed by atoms with Gasteiger partial charge in [-0.2, -0.15) is 0 Å². The topological polar surface area (TPSA) is 75.9 Å². The standard InChI is InChI=1S/C8H17N5OS/c1-9-4-5-13-8(10-11-12-13)15-7-3-2-6-14/h9,14H,2-7H2,1H3. The first-order valence-corrected chi connectivity index (χ1v) is 6.01. The number of tetrazole rings is 1. The van der Waals surface area contributed by atoms with Crippen molar-refractivity contribution in [2.45, 2.75) is 24.5 Å². The van der Waals surface area contributed by atoms with Gasteiger partial charge in [0.1, 0.15) is 0 Å². The molecule has 0 aliphatic heterocycles. The van der Waals surface area contributed by atoms with Crippen LogP contribution in [0.25, 0.3) is 0 Å². The van der Waals surface area contributed by atoms with E-state index in [4.69, 9.17) is 5.11 Å². The van der Waals surface area contributed by atoms with E-state index in [1.54, 1.807) is 16.4 Å². The van der Waals surface area contributed by atoms with Crippen LogP contribution in [0.1, 0.15) is 12.8 Å². The van der Waals surface area contributed by atoms with Crippen LogP contribution in [0.5, 0.6) is 0 Å². The largest absolute Gasteiger partial charge is 0.396 e. The molecule has 0 amide bonds. The van der Waals surface area contributed by atoms with Crippen LogP contribution in [0, 0.1) is 0 Å². The molecule has 15 heavy (non-hydrogen) atoms. The van der Waals surface area contributed by atoms with Crippen LogP contribution in [0.3, 0.4) is 0 Å².